The molecule has 0 unspecified atom stereocenters. The van der Waals surface area contributed by atoms with E-state index in [2.05, 4.69) is 69.7 Å². The molecule has 1 fully saturated rings. The predicted molar refractivity (Wildman–Crippen MR) is 96.6 cm³/mol. The van der Waals surface area contributed by atoms with Crippen LogP contribution in [0.15, 0.2) is 53.6 Å². The fourth-order valence-corrected chi connectivity index (χ4v) is 4.44. The van der Waals surface area contributed by atoms with Crippen molar-refractivity contribution in [2.45, 2.75) is 31.1 Å². The first-order valence-corrected chi connectivity index (χ1v) is 8.58. The van der Waals surface area contributed by atoms with Crippen molar-refractivity contribution in [3.63, 3.8) is 0 Å². The number of nitrogens with zero attached hydrogens (tertiary/aromatic N) is 2. The molecule has 0 aromatic heterocycles. The van der Waals surface area contributed by atoms with Gasteiger partial charge in [-0.1, -0.05) is 53.6 Å². The third-order valence-corrected chi connectivity index (χ3v) is 5.30. The van der Waals surface area contributed by atoms with Crippen LogP contribution in [0.4, 0.5) is 0 Å². The van der Waals surface area contributed by atoms with Crippen molar-refractivity contribution < 1.29 is 28.6 Å². The standard InChI is InChI=1S/C21H25N2.HI/c1-23(2,3)22-16-12-14-21(15-13-16)19-10-6-4-8-17(19)18-9-5-7-11-20(18)21;/h4-11H,12-15H2,1-3H3;1H/q+1;/p-1. The summed E-state index contributed by atoms with van der Waals surface area (Å²) in [5, 5.41) is 4.89. The highest BCUT2D eigenvalue weighted by atomic mass is 127. The molecule has 0 heterocycles. The van der Waals surface area contributed by atoms with Crippen LogP contribution in [-0.4, -0.2) is 31.4 Å². The second-order valence-corrected chi connectivity index (χ2v) is 7.78. The maximum Gasteiger partial charge on any atom is 0.0923 e. The number of quaternary nitrogens is 1. The molecule has 0 saturated heterocycles. The molecule has 0 aliphatic heterocycles. The average Bonchev–Trinajstić information content (AvgIpc) is 2.80. The zero-order chi connectivity index (χ0) is 16.1. The molecule has 0 atom stereocenters. The maximum atomic E-state index is 4.89. The normalized spacial score (nSPS) is 17.9. The molecule has 2 aliphatic rings. The highest BCUT2D eigenvalue weighted by Crippen LogP contribution is 2.55. The Labute approximate surface area is 162 Å². The number of fused-ring (bicyclic) bond motifs is 5. The topological polar surface area (TPSA) is 12.4 Å². The van der Waals surface area contributed by atoms with Gasteiger partial charge in [-0.2, -0.15) is 0 Å². The number of hydrogen-bond acceptors (Lipinski definition) is 1. The first kappa shape index (κ1) is 17.6. The first-order chi connectivity index (χ1) is 11.0. The Hall–Kier alpha value is -1.20. The van der Waals surface area contributed by atoms with E-state index in [9.17, 15) is 0 Å². The first-order valence-electron chi connectivity index (χ1n) is 8.58. The van der Waals surface area contributed by atoms with E-state index in [0.717, 1.165) is 12.8 Å². The SMILES string of the molecule is C[N+](C)(C)N=C1CCC2(CC1)c1ccccc1-c1ccccc12.[I-]. The summed E-state index contributed by atoms with van der Waals surface area (Å²) in [6.45, 7) is 0. The van der Waals surface area contributed by atoms with Crippen LogP contribution in [0, 0.1) is 0 Å². The number of hydrogen-bond donors (Lipinski definition) is 0. The Morgan fingerprint density at radius 2 is 1.25 bits per heavy atom. The molecule has 3 heteroatoms. The monoisotopic (exact) mass is 432 g/mol. The summed E-state index contributed by atoms with van der Waals surface area (Å²) in [4.78, 5) is 0. The minimum absolute atomic E-state index is 0. The van der Waals surface area contributed by atoms with Crippen molar-refractivity contribution in [2.75, 3.05) is 21.1 Å². The van der Waals surface area contributed by atoms with Crippen molar-refractivity contribution in [2.24, 2.45) is 5.10 Å². The van der Waals surface area contributed by atoms with Gasteiger partial charge in [0.2, 0.25) is 0 Å². The number of rotatable bonds is 1. The third-order valence-electron chi connectivity index (χ3n) is 5.30. The third kappa shape index (κ3) is 2.82. The molecule has 2 aromatic carbocycles. The highest BCUT2D eigenvalue weighted by molar-refractivity contribution is 5.88. The Morgan fingerprint density at radius 3 is 1.71 bits per heavy atom. The molecule has 126 valence electrons. The van der Waals surface area contributed by atoms with Gasteiger partial charge in [-0.05, 0) is 47.9 Å². The number of benzene rings is 2. The van der Waals surface area contributed by atoms with Gasteiger partial charge in [0.05, 0.1) is 26.9 Å². The lowest BCUT2D eigenvalue weighted by Gasteiger charge is -2.36. The lowest BCUT2D eigenvalue weighted by Crippen LogP contribution is -3.00. The fourth-order valence-electron chi connectivity index (χ4n) is 4.44. The summed E-state index contributed by atoms with van der Waals surface area (Å²) in [7, 11) is 6.41. The lowest BCUT2D eigenvalue weighted by atomic mass is 9.67. The second-order valence-electron chi connectivity index (χ2n) is 7.78. The van der Waals surface area contributed by atoms with Gasteiger partial charge in [0.1, 0.15) is 0 Å². The van der Waals surface area contributed by atoms with E-state index >= 15 is 0 Å². The summed E-state index contributed by atoms with van der Waals surface area (Å²) in [5.74, 6) is 0. The minimum Gasteiger partial charge on any atom is -1.00 e. The number of halogens is 1. The summed E-state index contributed by atoms with van der Waals surface area (Å²) in [6, 6.07) is 18.0. The van der Waals surface area contributed by atoms with E-state index < -0.39 is 0 Å². The van der Waals surface area contributed by atoms with Crippen molar-refractivity contribution >= 4 is 5.71 Å². The molecular weight excluding hydrogens is 407 g/mol. The Morgan fingerprint density at radius 1 is 0.792 bits per heavy atom. The summed E-state index contributed by atoms with van der Waals surface area (Å²) in [5.41, 5.74) is 7.53. The van der Waals surface area contributed by atoms with Gasteiger partial charge in [-0.3, -0.25) is 0 Å². The molecule has 0 amide bonds. The largest absolute Gasteiger partial charge is 1.00 e. The van der Waals surface area contributed by atoms with Crippen molar-refractivity contribution in [1.82, 2.24) is 0 Å². The van der Waals surface area contributed by atoms with Crippen LogP contribution in [0.5, 0.6) is 0 Å². The zero-order valence-corrected chi connectivity index (χ0v) is 16.9. The van der Waals surface area contributed by atoms with E-state index in [1.54, 1.807) is 0 Å². The molecule has 2 aromatic rings. The van der Waals surface area contributed by atoms with Crippen molar-refractivity contribution in [3.8, 4) is 11.1 Å². The molecule has 0 N–H and O–H groups in total. The molecule has 0 bridgehead atoms. The van der Waals surface area contributed by atoms with Crippen LogP contribution in [-0.2, 0) is 5.41 Å². The summed E-state index contributed by atoms with van der Waals surface area (Å²) >= 11 is 0. The van der Waals surface area contributed by atoms with E-state index in [4.69, 9.17) is 5.10 Å². The molecule has 2 nitrogen and oxygen atoms in total. The van der Waals surface area contributed by atoms with Crippen LogP contribution in [0.3, 0.4) is 0 Å². The van der Waals surface area contributed by atoms with Gasteiger partial charge in [-0.15, -0.1) is 0 Å². The molecular formula is C21H25IN2. The molecule has 0 radical (unpaired) electrons. The Bertz CT molecular complexity index is 729. The van der Waals surface area contributed by atoms with E-state index in [-0.39, 0.29) is 29.4 Å². The molecule has 24 heavy (non-hydrogen) atoms. The molecule has 1 saturated carbocycles. The second kappa shape index (κ2) is 6.26. The fraction of sp³-hybridized carbons (Fsp3) is 0.381. The van der Waals surface area contributed by atoms with E-state index in [1.165, 1.54) is 40.8 Å². The van der Waals surface area contributed by atoms with Gasteiger partial charge >= 0.3 is 0 Å². The van der Waals surface area contributed by atoms with Gasteiger partial charge < -0.3 is 24.0 Å². The lowest BCUT2D eigenvalue weighted by molar-refractivity contribution is -0.877. The van der Waals surface area contributed by atoms with Crippen LogP contribution in [0.2, 0.25) is 0 Å². The van der Waals surface area contributed by atoms with Crippen molar-refractivity contribution in [3.05, 3.63) is 59.7 Å². The van der Waals surface area contributed by atoms with Gasteiger partial charge in [0, 0.05) is 5.41 Å². The van der Waals surface area contributed by atoms with Crippen LogP contribution in [0.1, 0.15) is 36.8 Å². The maximum absolute atomic E-state index is 4.89. The van der Waals surface area contributed by atoms with Gasteiger partial charge in [0.25, 0.3) is 0 Å². The highest BCUT2D eigenvalue weighted by Gasteiger charge is 2.44. The van der Waals surface area contributed by atoms with Crippen LogP contribution in [0.25, 0.3) is 11.1 Å². The van der Waals surface area contributed by atoms with Crippen LogP contribution >= 0.6 is 0 Å². The van der Waals surface area contributed by atoms with E-state index in [0.29, 0.717) is 4.59 Å². The summed E-state index contributed by atoms with van der Waals surface area (Å²) in [6.07, 6.45) is 4.58. The quantitative estimate of drug-likeness (QED) is 0.369. The smallest absolute Gasteiger partial charge is 0.0923 e. The van der Waals surface area contributed by atoms with Crippen molar-refractivity contribution in [1.29, 1.82) is 0 Å². The zero-order valence-electron chi connectivity index (χ0n) is 14.7. The predicted octanol–water partition coefficient (Wildman–Crippen LogP) is 1.59. The van der Waals surface area contributed by atoms with E-state index in [1.807, 2.05) is 0 Å². The van der Waals surface area contributed by atoms with Gasteiger partial charge in [0.15, 0.2) is 0 Å². The summed E-state index contributed by atoms with van der Waals surface area (Å²) < 4.78 is 0.676. The molecule has 2 aliphatic carbocycles. The Balaban J connectivity index is 0.00000169. The Kier molecular flexibility index (Phi) is 4.60. The minimum atomic E-state index is 0. The van der Waals surface area contributed by atoms with Crippen LogP contribution < -0.4 is 24.0 Å². The molecule has 1 spiro atoms. The average molecular weight is 432 g/mol. The molecule has 4 rings (SSSR count). The van der Waals surface area contributed by atoms with Gasteiger partial charge in [-0.25, -0.2) is 4.59 Å².